The Morgan fingerprint density at radius 2 is 2.09 bits per heavy atom. The number of aromatic nitrogens is 2. The molecule has 2 aromatic rings. The highest BCUT2D eigenvalue weighted by Crippen LogP contribution is 2.30. The number of rotatable bonds is 7. The van der Waals surface area contributed by atoms with Gasteiger partial charge in [0.05, 0.1) is 18.5 Å². The predicted molar refractivity (Wildman–Crippen MR) is 109 cm³/mol. The van der Waals surface area contributed by atoms with Crippen LogP contribution in [0.2, 0.25) is 0 Å². The Kier molecular flexibility index (Phi) is 6.34. The van der Waals surface area contributed by atoms with Crippen LogP contribution in [0.25, 0.3) is 0 Å². The third kappa shape index (κ3) is 5.68. The summed E-state index contributed by atoms with van der Waals surface area (Å²) in [5.41, 5.74) is 5.10. The normalized spacial score (nSPS) is 18.0. The fraction of sp³-hybridized carbons (Fsp3) is 0.476. The number of hydrogen-bond acceptors (Lipinski definition) is 7. The number of carboxylic acid groups (broad SMARTS) is 1. The average Bonchev–Trinajstić information content (AvgIpc) is 3.10. The smallest absolute Gasteiger partial charge is 0.406 e. The van der Waals surface area contributed by atoms with E-state index in [1.165, 1.54) is 0 Å². The second-order valence-electron chi connectivity index (χ2n) is 8.08. The molecule has 2 aliphatic heterocycles. The van der Waals surface area contributed by atoms with E-state index in [4.69, 9.17) is 4.74 Å². The highest BCUT2D eigenvalue weighted by atomic mass is 19.4. The van der Waals surface area contributed by atoms with E-state index in [9.17, 15) is 27.9 Å². The summed E-state index contributed by atoms with van der Waals surface area (Å²) in [7, 11) is 0. The third-order valence-corrected chi connectivity index (χ3v) is 5.52. The van der Waals surface area contributed by atoms with Crippen molar-refractivity contribution in [1.29, 1.82) is 0 Å². The number of imidazole rings is 1. The molecule has 178 valence electrons. The number of fused-ring (bicyclic) bond motifs is 2. The van der Waals surface area contributed by atoms with Crippen LogP contribution in [-0.2, 0) is 29.0 Å². The fourth-order valence-electron chi connectivity index (χ4n) is 4.06. The summed E-state index contributed by atoms with van der Waals surface area (Å²) in [6.45, 7) is 0.131. The standard InChI is InChI=1S/C21H24F3N5O4/c22-21(23,24)12-28-10-15-8-17(2-1-13(15)7-14(19(28)32)9-18(30)31)33-6-3-16-11-29-20(27-16)25-4-5-26-29/h1-2,8,11,14,26H,3-7,9-10,12H2,(H,25,27)(H,30,31)/p-1/t14-/m0/s1. The van der Waals surface area contributed by atoms with Gasteiger partial charge in [0.15, 0.2) is 0 Å². The predicted octanol–water partition coefficient (Wildman–Crippen LogP) is 0.677. The number of carboxylic acids is 1. The van der Waals surface area contributed by atoms with Crippen LogP contribution < -0.4 is 20.6 Å². The number of carbonyl (C=O) groups is 2. The van der Waals surface area contributed by atoms with Gasteiger partial charge in [0.2, 0.25) is 11.9 Å². The molecule has 0 saturated carbocycles. The van der Waals surface area contributed by atoms with Crippen LogP contribution in [0.4, 0.5) is 19.1 Å². The number of ether oxygens (including phenoxy) is 1. The molecule has 12 heteroatoms. The lowest BCUT2D eigenvalue weighted by Gasteiger charge is -2.25. The van der Waals surface area contributed by atoms with Gasteiger partial charge in [-0.2, -0.15) is 13.2 Å². The Morgan fingerprint density at radius 3 is 2.82 bits per heavy atom. The molecule has 3 heterocycles. The van der Waals surface area contributed by atoms with Gasteiger partial charge in [0.1, 0.15) is 12.3 Å². The Bertz CT molecular complexity index is 1020. The number of amides is 1. The molecule has 0 bridgehead atoms. The third-order valence-electron chi connectivity index (χ3n) is 5.52. The van der Waals surface area contributed by atoms with E-state index < -0.39 is 36.9 Å². The Balaban J connectivity index is 1.46. The molecule has 0 radical (unpaired) electrons. The van der Waals surface area contributed by atoms with Crippen molar-refractivity contribution in [3.63, 3.8) is 0 Å². The summed E-state index contributed by atoms with van der Waals surface area (Å²) >= 11 is 0. The Labute approximate surface area is 187 Å². The van der Waals surface area contributed by atoms with Crippen LogP contribution in [0, 0.1) is 5.92 Å². The van der Waals surface area contributed by atoms with Gasteiger partial charge in [-0.1, -0.05) is 6.07 Å². The van der Waals surface area contributed by atoms with Crippen LogP contribution in [0.3, 0.4) is 0 Å². The maximum absolute atomic E-state index is 13.0. The zero-order chi connectivity index (χ0) is 23.6. The average molecular weight is 466 g/mol. The highest BCUT2D eigenvalue weighted by molar-refractivity contribution is 5.83. The quantitative estimate of drug-likeness (QED) is 0.617. The van der Waals surface area contributed by atoms with Crippen LogP contribution in [0.5, 0.6) is 5.75 Å². The SMILES string of the molecule is O=C([O-])C[C@@H]1Cc2ccc(OCCc3cn4c(n3)NCCN4)cc2CN(CC(F)(F)F)C1=O. The molecule has 33 heavy (non-hydrogen) atoms. The molecule has 0 spiro atoms. The zero-order valence-corrected chi connectivity index (χ0v) is 17.7. The fourth-order valence-corrected chi connectivity index (χ4v) is 4.06. The van der Waals surface area contributed by atoms with E-state index in [1.54, 1.807) is 22.9 Å². The van der Waals surface area contributed by atoms with Crippen molar-refractivity contribution in [2.75, 3.05) is 37.0 Å². The second-order valence-corrected chi connectivity index (χ2v) is 8.08. The molecule has 0 aliphatic carbocycles. The van der Waals surface area contributed by atoms with Crippen molar-refractivity contribution in [2.45, 2.75) is 32.0 Å². The van der Waals surface area contributed by atoms with Crippen molar-refractivity contribution in [2.24, 2.45) is 5.92 Å². The van der Waals surface area contributed by atoms with Crippen molar-refractivity contribution in [3.8, 4) is 5.75 Å². The minimum Gasteiger partial charge on any atom is -0.550 e. The maximum atomic E-state index is 13.0. The van der Waals surface area contributed by atoms with E-state index >= 15 is 0 Å². The first-order chi connectivity index (χ1) is 15.7. The number of benzene rings is 1. The number of halogens is 3. The molecule has 2 N–H and O–H groups in total. The molecule has 0 fully saturated rings. The number of nitrogens with one attached hydrogen (secondary N) is 2. The first-order valence-electron chi connectivity index (χ1n) is 10.5. The Hall–Kier alpha value is -3.44. The topological polar surface area (TPSA) is 112 Å². The largest absolute Gasteiger partial charge is 0.550 e. The molecule has 1 atom stereocenters. The van der Waals surface area contributed by atoms with E-state index in [-0.39, 0.29) is 13.0 Å². The first-order valence-corrected chi connectivity index (χ1v) is 10.5. The lowest BCUT2D eigenvalue weighted by Crippen LogP contribution is -2.42. The van der Waals surface area contributed by atoms with Crippen molar-refractivity contribution < 1.29 is 32.6 Å². The van der Waals surface area contributed by atoms with Crippen LogP contribution >= 0.6 is 0 Å². The molecular formula is C21H23F3N5O4-. The van der Waals surface area contributed by atoms with Gasteiger partial charge in [-0.15, -0.1) is 0 Å². The van der Waals surface area contributed by atoms with Crippen molar-refractivity contribution in [3.05, 3.63) is 41.2 Å². The monoisotopic (exact) mass is 466 g/mol. The number of aliphatic carboxylic acids is 1. The molecule has 9 nitrogen and oxygen atoms in total. The summed E-state index contributed by atoms with van der Waals surface area (Å²) in [5, 5.41) is 14.2. The van der Waals surface area contributed by atoms with Gasteiger partial charge >= 0.3 is 6.18 Å². The Morgan fingerprint density at radius 1 is 1.27 bits per heavy atom. The number of anilines is 1. The van der Waals surface area contributed by atoms with Crippen molar-refractivity contribution >= 4 is 17.8 Å². The summed E-state index contributed by atoms with van der Waals surface area (Å²) in [6, 6.07) is 4.94. The van der Waals surface area contributed by atoms with Gasteiger partial charge in [-0.05, 0) is 36.1 Å². The molecule has 0 unspecified atom stereocenters. The lowest BCUT2D eigenvalue weighted by atomic mass is 9.94. The van der Waals surface area contributed by atoms with E-state index in [0.717, 1.165) is 24.7 Å². The summed E-state index contributed by atoms with van der Waals surface area (Å²) in [4.78, 5) is 28.8. The van der Waals surface area contributed by atoms with Gasteiger partial charge in [0, 0.05) is 37.9 Å². The molecule has 1 aromatic carbocycles. The summed E-state index contributed by atoms with van der Waals surface area (Å²) < 4.78 is 46.7. The number of alkyl halides is 3. The van der Waals surface area contributed by atoms with Gasteiger partial charge < -0.3 is 30.3 Å². The molecule has 1 aromatic heterocycles. The summed E-state index contributed by atoms with van der Waals surface area (Å²) in [5.74, 6) is -2.26. The van der Waals surface area contributed by atoms with E-state index in [2.05, 4.69) is 15.7 Å². The van der Waals surface area contributed by atoms with Crippen LogP contribution in [-0.4, -0.2) is 58.9 Å². The number of hydrogen-bond donors (Lipinski definition) is 2. The van der Waals surface area contributed by atoms with Crippen LogP contribution in [0.15, 0.2) is 24.4 Å². The zero-order valence-electron chi connectivity index (χ0n) is 17.7. The van der Waals surface area contributed by atoms with Gasteiger partial charge in [0.25, 0.3) is 0 Å². The second kappa shape index (κ2) is 9.20. The van der Waals surface area contributed by atoms with E-state index in [0.29, 0.717) is 34.8 Å². The minimum atomic E-state index is -4.60. The lowest BCUT2D eigenvalue weighted by molar-refractivity contribution is -0.306. The van der Waals surface area contributed by atoms with Gasteiger partial charge in [-0.3, -0.25) is 4.79 Å². The summed E-state index contributed by atoms with van der Waals surface area (Å²) in [6.07, 6.45) is -2.83. The first kappa shape index (κ1) is 22.7. The minimum absolute atomic E-state index is 0.0248. The van der Waals surface area contributed by atoms with E-state index in [1.807, 2.05) is 6.20 Å². The maximum Gasteiger partial charge on any atom is 0.406 e. The van der Waals surface area contributed by atoms with Crippen LogP contribution in [0.1, 0.15) is 23.2 Å². The van der Waals surface area contributed by atoms with Gasteiger partial charge in [-0.25, -0.2) is 9.66 Å². The molecule has 1 amide bonds. The highest BCUT2D eigenvalue weighted by Gasteiger charge is 2.37. The number of carbonyl (C=O) groups excluding carboxylic acids is 2. The molecule has 2 aliphatic rings. The van der Waals surface area contributed by atoms with Crippen molar-refractivity contribution in [1.82, 2.24) is 14.6 Å². The molecular weight excluding hydrogens is 443 g/mol. The molecule has 4 rings (SSSR count). The molecule has 0 saturated heterocycles. The number of nitrogens with zero attached hydrogens (tertiary/aromatic N) is 3.